The molecule has 0 amide bonds. The second kappa shape index (κ2) is 5.72. The van der Waals surface area contributed by atoms with E-state index in [1.165, 1.54) is 12.1 Å². The van der Waals surface area contributed by atoms with Crippen molar-refractivity contribution in [2.24, 2.45) is 5.14 Å². The molecule has 122 valence electrons. The lowest BCUT2D eigenvalue weighted by molar-refractivity contribution is 0.0559. The summed E-state index contributed by atoms with van der Waals surface area (Å²) in [6, 6.07) is 13.2. The molecule has 23 heavy (non-hydrogen) atoms. The lowest BCUT2D eigenvalue weighted by Crippen LogP contribution is -2.12. The summed E-state index contributed by atoms with van der Waals surface area (Å²) in [5.41, 5.74) is 1.40. The molecule has 0 spiro atoms. The second-order valence-electron chi connectivity index (χ2n) is 5.31. The monoisotopic (exact) mass is 353 g/mol. The number of sulfonamides is 1. The van der Waals surface area contributed by atoms with Crippen molar-refractivity contribution >= 4 is 19.9 Å². The summed E-state index contributed by atoms with van der Waals surface area (Å²) in [6.45, 7) is 0.275. The zero-order valence-corrected chi connectivity index (χ0v) is 13.7. The Kier molecular flexibility index (Phi) is 4.01. The van der Waals surface area contributed by atoms with E-state index < -0.39 is 26.0 Å². The predicted octanol–water partition coefficient (Wildman–Crippen LogP) is 1.38. The van der Waals surface area contributed by atoms with E-state index in [4.69, 9.17) is 9.88 Å². The Bertz CT molecular complexity index is 937. The van der Waals surface area contributed by atoms with Crippen molar-refractivity contribution in [1.29, 1.82) is 0 Å². The van der Waals surface area contributed by atoms with E-state index in [1.807, 2.05) is 30.3 Å². The van der Waals surface area contributed by atoms with Crippen molar-refractivity contribution in [2.45, 2.75) is 22.5 Å². The van der Waals surface area contributed by atoms with Gasteiger partial charge < -0.3 is 4.74 Å². The summed E-state index contributed by atoms with van der Waals surface area (Å²) in [6.07, 6.45) is -0.621. The maximum Gasteiger partial charge on any atom is 0.238 e. The molecule has 0 radical (unpaired) electrons. The maximum atomic E-state index is 12.2. The van der Waals surface area contributed by atoms with E-state index in [2.05, 4.69) is 0 Å². The van der Waals surface area contributed by atoms with Crippen molar-refractivity contribution in [2.75, 3.05) is 5.75 Å². The summed E-state index contributed by atoms with van der Waals surface area (Å²) in [7, 11) is -7.54. The van der Waals surface area contributed by atoms with Crippen LogP contribution in [0, 0.1) is 0 Å². The van der Waals surface area contributed by atoms with Crippen LogP contribution in [0.3, 0.4) is 0 Å². The number of hydrogen-bond donors (Lipinski definition) is 1. The van der Waals surface area contributed by atoms with Crippen LogP contribution in [-0.2, 0) is 31.2 Å². The normalized spacial score (nSPS) is 19.4. The average molecular weight is 353 g/mol. The van der Waals surface area contributed by atoms with Gasteiger partial charge in [-0.25, -0.2) is 22.0 Å². The largest absolute Gasteiger partial charge is 0.368 e. The average Bonchev–Trinajstić information content (AvgIpc) is 2.76. The summed E-state index contributed by atoms with van der Waals surface area (Å²) in [5.74, 6) is -0.205. The zero-order valence-electron chi connectivity index (χ0n) is 12.0. The summed E-state index contributed by atoms with van der Waals surface area (Å²) < 4.78 is 53.0. The third-order valence-electron chi connectivity index (χ3n) is 3.66. The van der Waals surface area contributed by atoms with Gasteiger partial charge >= 0.3 is 0 Å². The third-order valence-corrected chi connectivity index (χ3v) is 6.34. The molecule has 2 aromatic carbocycles. The molecule has 1 aliphatic heterocycles. The molecule has 1 heterocycles. The van der Waals surface area contributed by atoms with Gasteiger partial charge in [0.2, 0.25) is 10.0 Å². The number of fused-ring (bicyclic) bond motifs is 1. The van der Waals surface area contributed by atoms with Crippen molar-refractivity contribution in [3.8, 4) is 0 Å². The van der Waals surface area contributed by atoms with Gasteiger partial charge in [0.15, 0.2) is 9.84 Å². The fourth-order valence-electron chi connectivity index (χ4n) is 2.51. The number of sulfone groups is 1. The van der Waals surface area contributed by atoms with Gasteiger partial charge in [0, 0.05) is 5.56 Å². The van der Waals surface area contributed by atoms with E-state index in [-0.39, 0.29) is 22.2 Å². The molecule has 6 nitrogen and oxygen atoms in total. The topological polar surface area (TPSA) is 104 Å². The number of ether oxygens (including phenoxy) is 1. The summed E-state index contributed by atoms with van der Waals surface area (Å²) >= 11 is 0. The highest BCUT2D eigenvalue weighted by Gasteiger charge is 2.36. The maximum absolute atomic E-state index is 12.2. The molecule has 1 aliphatic rings. The minimum atomic E-state index is -3.95. The number of rotatable bonds is 4. The molecule has 0 aromatic heterocycles. The Labute approximate surface area is 134 Å². The molecule has 2 aromatic rings. The molecular formula is C15H15NO5S2. The molecule has 0 saturated heterocycles. The Morgan fingerprint density at radius 2 is 1.83 bits per heavy atom. The van der Waals surface area contributed by atoms with Gasteiger partial charge in [-0.3, -0.25) is 0 Å². The standard InChI is InChI=1S/C15H15NO5S2/c16-23(19,20)12-6-7-13-14(10-22(17,18)15(13)8-12)21-9-11-4-2-1-3-5-11/h1-8,14H,9-10H2,(H2,16,19,20)/t14-/m1/s1. The molecular weight excluding hydrogens is 338 g/mol. The van der Waals surface area contributed by atoms with E-state index in [1.54, 1.807) is 0 Å². The number of benzene rings is 2. The van der Waals surface area contributed by atoms with Gasteiger partial charge in [-0.15, -0.1) is 0 Å². The number of hydrogen-bond acceptors (Lipinski definition) is 5. The van der Waals surface area contributed by atoms with Gasteiger partial charge in [0.05, 0.1) is 28.3 Å². The summed E-state index contributed by atoms with van der Waals surface area (Å²) in [4.78, 5) is -0.245. The number of primary sulfonamides is 1. The molecule has 0 saturated carbocycles. The van der Waals surface area contributed by atoms with E-state index in [0.29, 0.717) is 5.56 Å². The smallest absolute Gasteiger partial charge is 0.238 e. The first-order valence-corrected chi connectivity index (χ1v) is 10.0. The van der Waals surface area contributed by atoms with Gasteiger partial charge in [-0.2, -0.15) is 0 Å². The highest BCUT2D eigenvalue weighted by atomic mass is 32.2. The molecule has 8 heteroatoms. The lowest BCUT2D eigenvalue weighted by Gasteiger charge is -2.12. The Hall–Kier alpha value is -1.74. The Morgan fingerprint density at radius 1 is 1.13 bits per heavy atom. The first-order valence-electron chi connectivity index (χ1n) is 6.82. The van der Waals surface area contributed by atoms with Gasteiger partial charge in [0.1, 0.15) is 0 Å². The lowest BCUT2D eigenvalue weighted by atomic mass is 10.1. The SMILES string of the molecule is NS(=O)(=O)c1ccc2c(c1)S(=O)(=O)C[C@H]2OCc1ccccc1. The summed E-state index contributed by atoms with van der Waals surface area (Å²) in [5, 5.41) is 5.05. The molecule has 3 rings (SSSR count). The van der Waals surface area contributed by atoms with Crippen molar-refractivity contribution in [1.82, 2.24) is 0 Å². The van der Waals surface area contributed by atoms with Crippen LogP contribution in [0.5, 0.6) is 0 Å². The quantitative estimate of drug-likeness (QED) is 0.894. The van der Waals surface area contributed by atoms with Crippen molar-refractivity contribution < 1.29 is 21.6 Å². The van der Waals surface area contributed by atoms with Crippen LogP contribution in [0.1, 0.15) is 17.2 Å². The van der Waals surface area contributed by atoms with Gasteiger partial charge in [0.25, 0.3) is 0 Å². The Morgan fingerprint density at radius 3 is 2.48 bits per heavy atom. The fourth-order valence-corrected chi connectivity index (χ4v) is 4.85. The Balaban J connectivity index is 1.91. The molecule has 1 atom stereocenters. The van der Waals surface area contributed by atoms with Crippen LogP contribution in [0.25, 0.3) is 0 Å². The van der Waals surface area contributed by atoms with E-state index in [0.717, 1.165) is 11.6 Å². The molecule has 0 aliphatic carbocycles. The minimum Gasteiger partial charge on any atom is -0.368 e. The second-order valence-corrected chi connectivity index (χ2v) is 8.88. The highest BCUT2D eigenvalue weighted by Crippen LogP contribution is 2.37. The molecule has 2 N–H and O–H groups in total. The van der Waals surface area contributed by atoms with E-state index in [9.17, 15) is 16.8 Å². The molecule has 0 bridgehead atoms. The first-order chi connectivity index (χ1) is 10.8. The first kappa shape index (κ1) is 16.1. The van der Waals surface area contributed by atoms with E-state index >= 15 is 0 Å². The molecule has 0 unspecified atom stereocenters. The fraction of sp³-hybridized carbons (Fsp3) is 0.200. The predicted molar refractivity (Wildman–Crippen MR) is 83.8 cm³/mol. The molecule has 0 fully saturated rings. The zero-order chi connectivity index (χ0) is 16.7. The van der Waals surface area contributed by atoms with Crippen LogP contribution in [0.4, 0.5) is 0 Å². The minimum absolute atomic E-state index is 0.0258. The van der Waals surface area contributed by atoms with Crippen LogP contribution >= 0.6 is 0 Å². The third kappa shape index (κ3) is 3.30. The van der Waals surface area contributed by atoms with Gasteiger partial charge in [-0.1, -0.05) is 36.4 Å². The van der Waals surface area contributed by atoms with Crippen LogP contribution in [0.15, 0.2) is 58.3 Å². The van der Waals surface area contributed by atoms with Crippen LogP contribution in [-0.4, -0.2) is 22.6 Å². The van der Waals surface area contributed by atoms with Gasteiger partial charge in [-0.05, 0) is 17.7 Å². The highest BCUT2D eigenvalue weighted by molar-refractivity contribution is 7.92. The van der Waals surface area contributed by atoms with Crippen LogP contribution in [0.2, 0.25) is 0 Å². The van der Waals surface area contributed by atoms with Crippen molar-refractivity contribution in [3.05, 3.63) is 59.7 Å². The van der Waals surface area contributed by atoms with Crippen molar-refractivity contribution in [3.63, 3.8) is 0 Å². The van der Waals surface area contributed by atoms with Crippen LogP contribution < -0.4 is 5.14 Å². The number of nitrogens with two attached hydrogens (primary N) is 1.